The van der Waals surface area contributed by atoms with Crippen LogP contribution in [0.2, 0.25) is 0 Å². The topological polar surface area (TPSA) is 0 Å². The summed E-state index contributed by atoms with van der Waals surface area (Å²) in [4.78, 5) is 0. The number of rotatable bonds is 7. The standard InChI is InChI=1S/C16H34N/c1-8-15(17(5,6)7)10-9-13(2)14(3)16(4)11-12-16/h13-15H,8-12H2,1-7H3/q+1. The number of nitrogens with zero attached hydrogens (tertiary/aromatic N) is 1. The molecule has 0 spiro atoms. The Bertz CT molecular complexity index is 234. The fraction of sp³-hybridized carbons (Fsp3) is 1.00. The molecule has 0 saturated heterocycles. The van der Waals surface area contributed by atoms with Crippen molar-refractivity contribution in [2.45, 2.75) is 65.8 Å². The number of hydrogen-bond acceptors (Lipinski definition) is 0. The Morgan fingerprint density at radius 3 is 1.94 bits per heavy atom. The average molecular weight is 240 g/mol. The summed E-state index contributed by atoms with van der Waals surface area (Å²) in [5.74, 6) is 1.80. The summed E-state index contributed by atoms with van der Waals surface area (Å²) in [5, 5.41) is 0. The van der Waals surface area contributed by atoms with E-state index in [4.69, 9.17) is 0 Å². The fourth-order valence-corrected chi connectivity index (χ4v) is 3.18. The van der Waals surface area contributed by atoms with E-state index in [1.54, 1.807) is 0 Å². The quantitative estimate of drug-likeness (QED) is 0.581. The molecule has 1 fully saturated rings. The lowest BCUT2D eigenvalue weighted by molar-refractivity contribution is -0.896. The molecule has 0 amide bonds. The second-order valence-electron chi connectivity index (χ2n) is 7.68. The van der Waals surface area contributed by atoms with E-state index in [2.05, 4.69) is 48.8 Å². The Kier molecular flexibility index (Phi) is 4.68. The maximum atomic E-state index is 2.48. The summed E-state index contributed by atoms with van der Waals surface area (Å²) in [6.07, 6.45) is 7.03. The summed E-state index contributed by atoms with van der Waals surface area (Å²) >= 11 is 0. The Balaban J connectivity index is 2.39. The van der Waals surface area contributed by atoms with Gasteiger partial charge < -0.3 is 4.48 Å². The molecule has 1 nitrogen and oxygen atoms in total. The average Bonchev–Trinajstić information content (AvgIpc) is 2.95. The van der Waals surface area contributed by atoms with E-state index in [0.717, 1.165) is 22.4 Å². The van der Waals surface area contributed by atoms with Gasteiger partial charge in [-0.25, -0.2) is 0 Å². The van der Waals surface area contributed by atoms with Gasteiger partial charge in [0.1, 0.15) is 0 Å². The molecule has 102 valence electrons. The lowest BCUT2D eigenvalue weighted by Crippen LogP contribution is -2.45. The molecule has 1 aliphatic rings. The number of hydrogen-bond donors (Lipinski definition) is 0. The van der Waals surface area contributed by atoms with Crippen molar-refractivity contribution in [3.8, 4) is 0 Å². The molecule has 0 bridgehead atoms. The molecule has 3 atom stereocenters. The first-order valence-corrected chi connectivity index (χ1v) is 7.52. The zero-order valence-corrected chi connectivity index (χ0v) is 13.2. The molecule has 1 heteroatoms. The van der Waals surface area contributed by atoms with Crippen LogP contribution in [0, 0.1) is 17.3 Å². The number of quaternary nitrogens is 1. The van der Waals surface area contributed by atoms with Gasteiger partial charge in [-0.15, -0.1) is 0 Å². The first kappa shape index (κ1) is 15.0. The van der Waals surface area contributed by atoms with E-state index >= 15 is 0 Å². The minimum atomic E-state index is 0.692. The molecule has 0 radical (unpaired) electrons. The third-order valence-corrected chi connectivity index (χ3v) is 5.51. The first-order valence-electron chi connectivity index (χ1n) is 7.52. The van der Waals surface area contributed by atoms with Gasteiger partial charge in [0.05, 0.1) is 27.2 Å². The predicted octanol–water partition coefficient (Wildman–Crippen LogP) is 4.32. The van der Waals surface area contributed by atoms with Gasteiger partial charge in [-0.2, -0.15) is 0 Å². The lowest BCUT2D eigenvalue weighted by Gasteiger charge is -2.35. The van der Waals surface area contributed by atoms with Crippen molar-refractivity contribution < 1.29 is 4.48 Å². The van der Waals surface area contributed by atoms with Gasteiger partial charge >= 0.3 is 0 Å². The highest BCUT2D eigenvalue weighted by Crippen LogP contribution is 2.54. The van der Waals surface area contributed by atoms with Crippen molar-refractivity contribution in [1.29, 1.82) is 0 Å². The summed E-state index contributed by atoms with van der Waals surface area (Å²) in [6.45, 7) is 9.76. The summed E-state index contributed by atoms with van der Waals surface area (Å²) in [6, 6.07) is 0.830. The van der Waals surface area contributed by atoms with Crippen molar-refractivity contribution in [1.82, 2.24) is 0 Å². The van der Waals surface area contributed by atoms with E-state index in [1.807, 2.05) is 0 Å². The third kappa shape index (κ3) is 3.98. The maximum absolute atomic E-state index is 2.48. The molecule has 0 heterocycles. The van der Waals surface area contributed by atoms with E-state index in [0.29, 0.717) is 5.41 Å². The second kappa shape index (κ2) is 5.30. The summed E-state index contributed by atoms with van der Waals surface area (Å²) in [7, 11) is 7.01. The van der Waals surface area contributed by atoms with E-state index in [1.165, 1.54) is 32.1 Å². The molecule has 0 aromatic heterocycles. The van der Waals surface area contributed by atoms with Gasteiger partial charge in [-0.05, 0) is 49.4 Å². The van der Waals surface area contributed by atoms with Crippen LogP contribution in [0.4, 0.5) is 0 Å². The van der Waals surface area contributed by atoms with Crippen LogP contribution in [-0.2, 0) is 0 Å². The smallest absolute Gasteiger partial charge is 0.0881 e. The van der Waals surface area contributed by atoms with Crippen LogP contribution >= 0.6 is 0 Å². The van der Waals surface area contributed by atoms with Crippen molar-refractivity contribution >= 4 is 0 Å². The summed E-state index contributed by atoms with van der Waals surface area (Å²) in [5.41, 5.74) is 0.692. The second-order valence-corrected chi connectivity index (χ2v) is 7.68. The van der Waals surface area contributed by atoms with Crippen LogP contribution in [0.5, 0.6) is 0 Å². The molecular weight excluding hydrogens is 206 g/mol. The highest BCUT2D eigenvalue weighted by atomic mass is 15.3. The molecule has 0 aromatic carbocycles. The molecule has 17 heavy (non-hydrogen) atoms. The summed E-state index contributed by atoms with van der Waals surface area (Å²) < 4.78 is 1.12. The monoisotopic (exact) mass is 240 g/mol. The lowest BCUT2D eigenvalue weighted by atomic mass is 9.79. The van der Waals surface area contributed by atoms with Crippen LogP contribution in [0.1, 0.15) is 59.8 Å². The molecule has 0 aromatic rings. The van der Waals surface area contributed by atoms with E-state index < -0.39 is 0 Å². The highest BCUT2D eigenvalue weighted by molar-refractivity contribution is 4.94. The maximum Gasteiger partial charge on any atom is 0.0881 e. The minimum Gasteiger partial charge on any atom is -0.328 e. The zero-order chi connectivity index (χ0) is 13.3. The Hall–Kier alpha value is -0.0400. The van der Waals surface area contributed by atoms with Crippen molar-refractivity contribution in [2.24, 2.45) is 17.3 Å². The molecule has 0 N–H and O–H groups in total. The normalized spacial score (nSPS) is 24.2. The molecular formula is C16H34N+. The van der Waals surface area contributed by atoms with Gasteiger partial charge in [0, 0.05) is 0 Å². The van der Waals surface area contributed by atoms with E-state index in [9.17, 15) is 0 Å². The Labute approximate surface area is 109 Å². The predicted molar refractivity (Wildman–Crippen MR) is 77.0 cm³/mol. The molecule has 1 saturated carbocycles. The minimum absolute atomic E-state index is 0.692. The van der Waals surface area contributed by atoms with Crippen molar-refractivity contribution in [3.05, 3.63) is 0 Å². The first-order chi connectivity index (χ1) is 7.70. The van der Waals surface area contributed by atoms with Crippen molar-refractivity contribution in [2.75, 3.05) is 21.1 Å². The Morgan fingerprint density at radius 1 is 1.06 bits per heavy atom. The van der Waals surface area contributed by atoms with Gasteiger partial charge in [0.15, 0.2) is 0 Å². The van der Waals surface area contributed by atoms with E-state index in [-0.39, 0.29) is 0 Å². The fourth-order valence-electron chi connectivity index (χ4n) is 3.18. The molecule has 3 unspecified atom stereocenters. The molecule has 0 aliphatic heterocycles. The molecule has 1 rings (SSSR count). The van der Waals surface area contributed by atoms with Crippen LogP contribution in [0.3, 0.4) is 0 Å². The van der Waals surface area contributed by atoms with Gasteiger partial charge in [0.2, 0.25) is 0 Å². The Morgan fingerprint density at radius 2 is 1.59 bits per heavy atom. The zero-order valence-electron chi connectivity index (χ0n) is 13.2. The van der Waals surface area contributed by atoms with Gasteiger partial charge in [-0.1, -0.05) is 27.7 Å². The van der Waals surface area contributed by atoms with Gasteiger partial charge in [0.25, 0.3) is 0 Å². The third-order valence-electron chi connectivity index (χ3n) is 5.51. The van der Waals surface area contributed by atoms with Crippen LogP contribution in [-0.4, -0.2) is 31.7 Å². The van der Waals surface area contributed by atoms with Crippen LogP contribution in [0.15, 0.2) is 0 Å². The molecule has 1 aliphatic carbocycles. The SMILES string of the molecule is CCC(CCC(C)C(C)C1(C)CC1)[N+](C)(C)C. The highest BCUT2D eigenvalue weighted by Gasteiger charge is 2.44. The van der Waals surface area contributed by atoms with Crippen molar-refractivity contribution in [3.63, 3.8) is 0 Å². The van der Waals surface area contributed by atoms with Crippen LogP contribution in [0.25, 0.3) is 0 Å². The van der Waals surface area contributed by atoms with Crippen LogP contribution < -0.4 is 0 Å². The largest absolute Gasteiger partial charge is 0.328 e. The van der Waals surface area contributed by atoms with Gasteiger partial charge in [-0.3, -0.25) is 0 Å².